The van der Waals surface area contributed by atoms with Crippen molar-refractivity contribution in [2.24, 2.45) is 0 Å². The highest BCUT2D eigenvalue weighted by atomic mass is 35.5. The van der Waals surface area contributed by atoms with Crippen LogP contribution in [0, 0.1) is 15.9 Å². The first-order valence-electron chi connectivity index (χ1n) is 9.78. The number of hydrogen-bond acceptors (Lipinski definition) is 6. The Morgan fingerprint density at radius 2 is 1.71 bits per heavy atom. The number of ether oxygens (including phenoxy) is 1. The SMILES string of the molecule is O=C(CNC(=O)c1ccccc1F)OC(C(=O)Nc1ccc([N+](=O)[O-])cc1Cl)c1ccccc1. The van der Waals surface area contributed by atoms with Crippen LogP contribution in [-0.2, 0) is 14.3 Å². The number of hydrogen-bond donors (Lipinski definition) is 2. The van der Waals surface area contributed by atoms with Gasteiger partial charge in [-0.25, -0.2) is 4.39 Å². The molecule has 3 aromatic carbocycles. The van der Waals surface area contributed by atoms with Crippen molar-refractivity contribution in [3.8, 4) is 0 Å². The molecule has 3 aromatic rings. The minimum atomic E-state index is -1.43. The van der Waals surface area contributed by atoms with Crippen LogP contribution in [0.3, 0.4) is 0 Å². The number of nitro benzene ring substituents is 1. The van der Waals surface area contributed by atoms with Gasteiger partial charge in [0, 0.05) is 17.7 Å². The lowest BCUT2D eigenvalue weighted by Crippen LogP contribution is -2.34. The van der Waals surface area contributed by atoms with E-state index in [0.29, 0.717) is 5.56 Å². The molecule has 0 aliphatic heterocycles. The molecule has 34 heavy (non-hydrogen) atoms. The van der Waals surface area contributed by atoms with E-state index in [-0.39, 0.29) is 22.0 Å². The quantitative estimate of drug-likeness (QED) is 0.281. The third-order valence-electron chi connectivity index (χ3n) is 4.52. The maximum atomic E-state index is 13.7. The number of carbonyl (C=O) groups excluding carboxylic acids is 3. The molecule has 0 fully saturated rings. The fourth-order valence-electron chi connectivity index (χ4n) is 2.88. The molecule has 9 nitrogen and oxygen atoms in total. The van der Waals surface area contributed by atoms with Gasteiger partial charge in [0.05, 0.1) is 21.2 Å². The van der Waals surface area contributed by atoms with Crippen LogP contribution < -0.4 is 10.6 Å². The summed E-state index contributed by atoms with van der Waals surface area (Å²) in [4.78, 5) is 47.6. The first-order valence-corrected chi connectivity index (χ1v) is 10.2. The Labute approximate surface area is 197 Å². The molecule has 2 amide bonds. The van der Waals surface area contributed by atoms with E-state index in [4.69, 9.17) is 16.3 Å². The first-order chi connectivity index (χ1) is 16.3. The number of anilines is 1. The normalized spacial score (nSPS) is 11.2. The van der Waals surface area contributed by atoms with E-state index >= 15 is 0 Å². The van der Waals surface area contributed by atoms with Gasteiger partial charge in [-0.05, 0) is 18.2 Å². The molecule has 174 valence electrons. The zero-order valence-electron chi connectivity index (χ0n) is 17.4. The lowest BCUT2D eigenvalue weighted by molar-refractivity contribution is -0.384. The number of esters is 1. The summed E-state index contributed by atoms with van der Waals surface area (Å²) in [6.45, 7) is -0.623. The van der Waals surface area contributed by atoms with Crippen molar-refractivity contribution in [3.63, 3.8) is 0 Å². The maximum Gasteiger partial charge on any atom is 0.326 e. The molecule has 0 radical (unpaired) electrons. The van der Waals surface area contributed by atoms with Crippen LogP contribution in [0.1, 0.15) is 22.0 Å². The third-order valence-corrected chi connectivity index (χ3v) is 4.84. The molecule has 0 heterocycles. The molecule has 1 atom stereocenters. The average molecular weight is 486 g/mol. The van der Waals surface area contributed by atoms with Crippen LogP contribution >= 0.6 is 11.6 Å². The number of carbonyl (C=O) groups is 3. The molecule has 3 rings (SSSR count). The number of non-ortho nitro benzene ring substituents is 1. The Hall–Kier alpha value is -4.31. The lowest BCUT2D eigenvalue weighted by Gasteiger charge is -2.18. The molecule has 1 unspecified atom stereocenters. The van der Waals surface area contributed by atoms with Crippen molar-refractivity contribution in [1.82, 2.24) is 5.32 Å². The number of rotatable bonds is 8. The Morgan fingerprint density at radius 1 is 1.03 bits per heavy atom. The van der Waals surface area contributed by atoms with Crippen LogP contribution in [0.5, 0.6) is 0 Å². The van der Waals surface area contributed by atoms with Gasteiger partial charge in [-0.1, -0.05) is 54.1 Å². The summed E-state index contributed by atoms with van der Waals surface area (Å²) in [5.74, 6) is -3.32. The topological polar surface area (TPSA) is 128 Å². The second-order valence-electron chi connectivity index (χ2n) is 6.85. The van der Waals surface area contributed by atoms with E-state index in [1.165, 1.54) is 24.3 Å². The van der Waals surface area contributed by atoms with Crippen LogP contribution in [0.15, 0.2) is 72.8 Å². The zero-order valence-corrected chi connectivity index (χ0v) is 18.1. The highest BCUT2D eigenvalue weighted by Crippen LogP contribution is 2.28. The molecule has 0 aliphatic carbocycles. The van der Waals surface area contributed by atoms with Crippen molar-refractivity contribution < 1.29 is 28.4 Å². The maximum absolute atomic E-state index is 13.7. The number of nitrogens with zero attached hydrogens (tertiary/aromatic N) is 1. The molecule has 0 saturated heterocycles. The highest BCUT2D eigenvalue weighted by molar-refractivity contribution is 6.34. The van der Waals surface area contributed by atoms with E-state index in [1.807, 2.05) is 0 Å². The molecule has 2 N–H and O–H groups in total. The van der Waals surface area contributed by atoms with E-state index in [9.17, 15) is 28.9 Å². The summed E-state index contributed by atoms with van der Waals surface area (Å²) < 4.78 is 19.0. The average Bonchev–Trinajstić information content (AvgIpc) is 2.83. The standard InChI is InChI=1S/C23H17ClFN3O6/c24-17-12-15(28(32)33)10-11-19(17)27-23(31)21(14-6-2-1-3-7-14)34-20(29)13-26-22(30)16-8-4-5-9-18(16)25/h1-12,21H,13H2,(H,26,30)(H,27,31). The number of halogens is 2. The molecule has 11 heteroatoms. The number of benzene rings is 3. The Kier molecular flexibility index (Phi) is 7.88. The smallest absolute Gasteiger partial charge is 0.326 e. The minimum absolute atomic E-state index is 0.0714. The fourth-order valence-corrected chi connectivity index (χ4v) is 3.11. The van der Waals surface area contributed by atoms with Crippen LogP contribution in [0.25, 0.3) is 0 Å². The number of nitrogens with one attached hydrogen (secondary N) is 2. The van der Waals surface area contributed by atoms with Gasteiger partial charge in [-0.15, -0.1) is 0 Å². The monoisotopic (exact) mass is 485 g/mol. The summed E-state index contributed by atoms with van der Waals surface area (Å²) in [7, 11) is 0. The molecule has 0 saturated carbocycles. The molecule has 0 aromatic heterocycles. The van der Waals surface area contributed by atoms with Crippen molar-refractivity contribution >= 4 is 40.8 Å². The van der Waals surface area contributed by atoms with Gasteiger partial charge in [0.25, 0.3) is 17.5 Å². The van der Waals surface area contributed by atoms with Gasteiger partial charge in [-0.2, -0.15) is 0 Å². The van der Waals surface area contributed by atoms with Crippen LogP contribution in [0.2, 0.25) is 5.02 Å². The second-order valence-corrected chi connectivity index (χ2v) is 7.26. The zero-order chi connectivity index (χ0) is 24.7. The summed E-state index contributed by atoms with van der Waals surface area (Å²) >= 11 is 6.02. The summed E-state index contributed by atoms with van der Waals surface area (Å²) in [5.41, 5.74) is -0.117. The van der Waals surface area contributed by atoms with Gasteiger partial charge in [0.1, 0.15) is 12.4 Å². The van der Waals surface area contributed by atoms with Gasteiger partial charge in [0.15, 0.2) is 0 Å². The summed E-state index contributed by atoms with van der Waals surface area (Å²) in [6, 6.07) is 16.8. The third kappa shape index (κ3) is 6.14. The molecule has 0 spiro atoms. The predicted octanol–water partition coefficient (Wildman–Crippen LogP) is 4.04. The summed E-state index contributed by atoms with van der Waals surface area (Å²) in [6.07, 6.45) is -1.43. The Bertz CT molecular complexity index is 1240. The molecule has 0 aliphatic rings. The largest absolute Gasteiger partial charge is 0.446 e. The van der Waals surface area contributed by atoms with Gasteiger partial charge in [0.2, 0.25) is 6.10 Å². The van der Waals surface area contributed by atoms with Crippen LogP contribution in [0.4, 0.5) is 15.8 Å². The van der Waals surface area contributed by atoms with E-state index in [0.717, 1.165) is 18.2 Å². The lowest BCUT2D eigenvalue weighted by atomic mass is 10.1. The van der Waals surface area contributed by atoms with Gasteiger partial charge >= 0.3 is 5.97 Å². The van der Waals surface area contributed by atoms with E-state index in [2.05, 4.69) is 10.6 Å². The van der Waals surface area contributed by atoms with E-state index < -0.39 is 41.2 Å². The fraction of sp³-hybridized carbons (Fsp3) is 0.0870. The van der Waals surface area contributed by atoms with Gasteiger partial charge in [-0.3, -0.25) is 24.5 Å². The predicted molar refractivity (Wildman–Crippen MR) is 121 cm³/mol. The van der Waals surface area contributed by atoms with Crippen molar-refractivity contribution in [2.75, 3.05) is 11.9 Å². The number of amides is 2. The van der Waals surface area contributed by atoms with E-state index in [1.54, 1.807) is 30.3 Å². The van der Waals surface area contributed by atoms with Gasteiger partial charge < -0.3 is 15.4 Å². The van der Waals surface area contributed by atoms with Crippen molar-refractivity contribution in [3.05, 3.63) is 105 Å². The van der Waals surface area contributed by atoms with Crippen molar-refractivity contribution in [1.29, 1.82) is 0 Å². The second kappa shape index (κ2) is 11.0. The summed E-state index contributed by atoms with van der Waals surface area (Å²) in [5, 5.41) is 15.5. The minimum Gasteiger partial charge on any atom is -0.446 e. The van der Waals surface area contributed by atoms with Crippen LogP contribution in [-0.4, -0.2) is 29.3 Å². The Morgan fingerprint density at radius 3 is 2.35 bits per heavy atom. The number of nitro groups is 1. The highest BCUT2D eigenvalue weighted by Gasteiger charge is 2.26. The molecular formula is C23H17ClFN3O6. The molecule has 0 bridgehead atoms. The first kappa shape index (κ1) is 24.3. The Balaban J connectivity index is 1.72. The van der Waals surface area contributed by atoms with Crippen molar-refractivity contribution in [2.45, 2.75) is 6.10 Å². The molecular weight excluding hydrogens is 469 g/mol.